The quantitative estimate of drug-likeness (QED) is 0.662. The number of aliphatic hydroxyl groups is 1. The molecule has 2 aliphatic heterocycles. The zero-order chi connectivity index (χ0) is 9.10. The van der Waals surface area contributed by atoms with Crippen LogP contribution in [-0.2, 0) is 14.2 Å². The van der Waals surface area contributed by atoms with E-state index in [1.807, 2.05) is 0 Å². The largest absolute Gasteiger partial charge is 0.501 e. The third-order valence-corrected chi connectivity index (χ3v) is 2.32. The number of hydrogen-bond acceptors (Lipinski definition) is 4. The molecule has 74 valence electrons. The maximum absolute atomic E-state index is 9.82. The van der Waals surface area contributed by atoms with Gasteiger partial charge in [0.2, 0.25) is 0 Å². The topological polar surface area (TPSA) is 47.9 Å². The second-order valence-corrected chi connectivity index (χ2v) is 3.24. The van der Waals surface area contributed by atoms with Crippen LogP contribution in [0.4, 0.5) is 0 Å². The van der Waals surface area contributed by atoms with Crippen LogP contribution >= 0.6 is 0 Å². The fraction of sp³-hybridized carbons (Fsp3) is 0.778. The molecule has 0 bridgehead atoms. The zero-order valence-electron chi connectivity index (χ0n) is 7.44. The average molecular weight is 186 g/mol. The average Bonchev–Trinajstić information content (AvgIpc) is 2.71. The first-order chi connectivity index (χ1) is 6.38. The van der Waals surface area contributed by atoms with Gasteiger partial charge in [0, 0.05) is 6.42 Å². The predicted octanol–water partition coefficient (Wildman–Crippen LogP) is 0.0669. The van der Waals surface area contributed by atoms with Gasteiger partial charge >= 0.3 is 0 Å². The lowest BCUT2D eigenvalue weighted by Crippen LogP contribution is -2.39. The Kier molecular flexibility index (Phi) is 2.83. The zero-order valence-corrected chi connectivity index (χ0v) is 7.44. The second-order valence-electron chi connectivity index (χ2n) is 3.24. The van der Waals surface area contributed by atoms with Crippen LogP contribution in [0.25, 0.3) is 0 Å². The monoisotopic (exact) mass is 186 g/mol. The summed E-state index contributed by atoms with van der Waals surface area (Å²) in [6.07, 6.45) is 1.63. The van der Waals surface area contributed by atoms with Gasteiger partial charge in [-0.25, -0.2) is 0 Å². The Labute approximate surface area is 77.1 Å². The smallest absolute Gasteiger partial charge is 0.111 e. The summed E-state index contributed by atoms with van der Waals surface area (Å²) in [6, 6.07) is 0. The van der Waals surface area contributed by atoms with E-state index in [9.17, 15) is 5.11 Å². The van der Waals surface area contributed by atoms with Crippen molar-refractivity contribution >= 4 is 0 Å². The third-order valence-electron chi connectivity index (χ3n) is 2.32. The number of aliphatic hydroxyl groups excluding tert-OH is 1. The van der Waals surface area contributed by atoms with Crippen molar-refractivity contribution in [3.8, 4) is 0 Å². The van der Waals surface area contributed by atoms with Crippen LogP contribution in [0, 0.1) is 0 Å². The van der Waals surface area contributed by atoms with E-state index in [-0.39, 0.29) is 6.10 Å². The number of hydrogen-bond donors (Lipinski definition) is 1. The molecule has 2 unspecified atom stereocenters. The van der Waals surface area contributed by atoms with Crippen molar-refractivity contribution in [3.05, 3.63) is 11.8 Å². The van der Waals surface area contributed by atoms with Gasteiger partial charge in [-0.1, -0.05) is 0 Å². The molecule has 0 spiro atoms. The van der Waals surface area contributed by atoms with Crippen molar-refractivity contribution in [1.82, 2.24) is 0 Å². The summed E-state index contributed by atoms with van der Waals surface area (Å²) in [5, 5.41) is 9.82. The Morgan fingerprint density at radius 1 is 1.38 bits per heavy atom. The molecule has 0 radical (unpaired) electrons. The molecular weight excluding hydrogens is 172 g/mol. The molecule has 1 fully saturated rings. The molecule has 0 amide bonds. The Hall–Kier alpha value is -0.580. The predicted molar refractivity (Wildman–Crippen MR) is 45.2 cm³/mol. The molecule has 1 saturated heterocycles. The fourth-order valence-electron chi connectivity index (χ4n) is 1.55. The molecule has 4 heteroatoms. The van der Waals surface area contributed by atoms with E-state index in [2.05, 4.69) is 0 Å². The van der Waals surface area contributed by atoms with Crippen molar-refractivity contribution in [2.24, 2.45) is 0 Å². The summed E-state index contributed by atoms with van der Waals surface area (Å²) in [4.78, 5) is 0. The van der Waals surface area contributed by atoms with Gasteiger partial charge in [0.05, 0.1) is 32.7 Å². The lowest BCUT2D eigenvalue weighted by atomic mass is 10.0. The van der Waals surface area contributed by atoms with Crippen LogP contribution < -0.4 is 0 Å². The lowest BCUT2D eigenvalue weighted by molar-refractivity contribution is -0.123. The van der Waals surface area contributed by atoms with Crippen molar-refractivity contribution < 1.29 is 19.3 Å². The minimum absolute atomic E-state index is 0.221. The fourth-order valence-corrected chi connectivity index (χ4v) is 1.55. The van der Waals surface area contributed by atoms with E-state index < -0.39 is 6.10 Å². The molecule has 2 atom stereocenters. The Bertz CT molecular complexity index is 196. The Morgan fingerprint density at radius 2 is 2.31 bits per heavy atom. The van der Waals surface area contributed by atoms with E-state index in [0.29, 0.717) is 26.4 Å². The molecule has 2 heterocycles. The van der Waals surface area contributed by atoms with E-state index in [1.165, 1.54) is 0 Å². The van der Waals surface area contributed by atoms with E-state index in [0.717, 1.165) is 12.0 Å². The summed E-state index contributed by atoms with van der Waals surface area (Å²) < 4.78 is 15.6. The maximum Gasteiger partial charge on any atom is 0.111 e. The molecular formula is C9H14O4. The van der Waals surface area contributed by atoms with Gasteiger partial charge in [-0.2, -0.15) is 0 Å². The van der Waals surface area contributed by atoms with Crippen LogP contribution in [0.5, 0.6) is 0 Å². The molecule has 0 aliphatic carbocycles. The van der Waals surface area contributed by atoms with Gasteiger partial charge < -0.3 is 19.3 Å². The Balaban J connectivity index is 1.90. The van der Waals surface area contributed by atoms with Gasteiger partial charge in [-0.3, -0.25) is 0 Å². The minimum Gasteiger partial charge on any atom is -0.501 e. The summed E-state index contributed by atoms with van der Waals surface area (Å²) in [7, 11) is 0. The molecule has 1 N–H and O–H groups in total. The SMILES string of the molecule is OC(C1=COCC1)C1COCCO1. The standard InChI is InChI=1S/C9H14O4/c10-9(7-1-2-11-5-7)8-6-12-3-4-13-8/h5,8-10H,1-4,6H2. The lowest BCUT2D eigenvalue weighted by Gasteiger charge is -2.27. The summed E-state index contributed by atoms with van der Waals surface area (Å²) >= 11 is 0. The van der Waals surface area contributed by atoms with Crippen LogP contribution in [0.2, 0.25) is 0 Å². The highest BCUT2D eigenvalue weighted by molar-refractivity contribution is 5.10. The molecule has 4 nitrogen and oxygen atoms in total. The third kappa shape index (κ3) is 2.02. The molecule has 0 aromatic carbocycles. The van der Waals surface area contributed by atoms with Crippen molar-refractivity contribution in [1.29, 1.82) is 0 Å². The van der Waals surface area contributed by atoms with Gasteiger partial charge in [-0.05, 0) is 5.57 Å². The van der Waals surface area contributed by atoms with Gasteiger partial charge in [0.15, 0.2) is 0 Å². The van der Waals surface area contributed by atoms with E-state index >= 15 is 0 Å². The van der Waals surface area contributed by atoms with Gasteiger partial charge in [0.1, 0.15) is 12.2 Å². The van der Waals surface area contributed by atoms with Crippen molar-refractivity contribution in [2.45, 2.75) is 18.6 Å². The summed E-state index contributed by atoms with van der Waals surface area (Å²) in [5.74, 6) is 0. The highest BCUT2D eigenvalue weighted by Crippen LogP contribution is 2.20. The highest BCUT2D eigenvalue weighted by atomic mass is 16.6. The van der Waals surface area contributed by atoms with Gasteiger partial charge in [-0.15, -0.1) is 0 Å². The molecule has 2 aliphatic rings. The second kappa shape index (κ2) is 4.09. The molecule has 0 aromatic rings. The first-order valence-electron chi connectivity index (χ1n) is 4.56. The normalized spacial score (nSPS) is 30.8. The van der Waals surface area contributed by atoms with Crippen LogP contribution in [0.3, 0.4) is 0 Å². The van der Waals surface area contributed by atoms with Crippen LogP contribution in [-0.4, -0.2) is 43.7 Å². The minimum atomic E-state index is -0.567. The molecule has 0 aromatic heterocycles. The first kappa shape index (κ1) is 8.99. The number of ether oxygens (including phenoxy) is 3. The van der Waals surface area contributed by atoms with E-state index in [4.69, 9.17) is 14.2 Å². The van der Waals surface area contributed by atoms with Gasteiger partial charge in [0.25, 0.3) is 0 Å². The summed E-state index contributed by atoms with van der Waals surface area (Å²) in [5.41, 5.74) is 0.913. The van der Waals surface area contributed by atoms with Crippen LogP contribution in [0.1, 0.15) is 6.42 Å². The molecule has 2 rings (SSSR count). The molecule has 0 saturated carbocycles. The van der Waals surface area contributed by atoms with Crippen molar-refractivity contribution in [3.63, 3.8) is 0 Å². The van der Waals surface area contributed by atoms with Crippen LogP contribution in [0.15, 0.2) is 11.8 Å². The maximum atomic E-state index is 9.82. The highest BCUT2D eigenvalue weighted by Gasteiger charge is 2.27. The molecule has 13 heavy (non-hydrogen) atoms. The summed E-state index contributed by atoms with van der Waals surface area (Å²) in [6.45, 7) is 2.33. The first-order valence-corrected chi connectivity index (χ1v) is 4.56. The van der Waals surface area contributed by atoms with Crippen molar-refractivity contribution in [2.75, 3.05) is 26.4 Å². The Morgan fingerprint density at radius 3 is 2.92 bits per heavy atom. The van der Waals surface area contributed by atoms with E-state index in [1.54, 1.807) is 6.26 Å². The number of rotatable bonds is 2.